The molecule has 2 heterocycles. The minimum atomic E-state index is -1.18. The lowest BCUT2D eigenvalue weighted by Gasteiger charge is -2.33. The van der Waals surface area contributed by atoms with Crippen LogP contribution < -0.4 is 10.2 Å². The number of rotatable bonds is 4. The molecule has 0 aromatic heterocycles. The predicted octanol–water partition coefficient (Wildman–Crippen LogP) is 5.76. The van der Waals surface area contributed by atoms with Gasteiger partial charge in [-0.2, -0.15) is 0 Å². The van der Waals surface area contributed by atoms with E-state index in [9.17, 15) is 14.4 Å². The Morgan fingerprint density at radius 1 is 0.943 bits per heavy atom. The average molecular weight is 531 g/mol. The zero-order valence-corrected chi connectivity index (χ0v) is 21.6. The summed E-state index contributed by atoms with van der Waals surface area (Å²) in [4.78, 5) is 42.6. The number of amides is 3. The molecule has 1 saturated heterocycles. The van der Waals surface area contributed by atoms with Gasteiger partial charge in [-0.1, -0.05) is 85.2 Å². The van der Waals surface area contributed by atoms with Crippen molar-refractivity contribution in [1.29, 1.82) is 0 Å². The smallest absolute Gasteiger partial charge is 0.238 e. The highest BCUT2D eigenvalue weighted by molar-refractivity contribution is 9.10. The third-order valence-corrected chi connectivity index (χ3v) is 7.68. The van der Waals surface area contributed by atoms with Crippen LogP contribution in [0.3, 0.4) is 0 Å². The van der Waals surface area contributed by atoms with E-state index in [0.717, 1.165) is 21.2 Å². The normalized spacial score (nSPS) is 21.9. The number of para-hydroxylation sites is 2. The molecule has 3 aromatic carbocycles. The van der Waals surface area contributed by atoms with E-state index in [0.29, 0.717) is 17.8 Å². The van der Waals surface area contributed by atoms with Gasteiger partial charge in [0.15, 0.2) is 0 Å². The average Bonchev–Trinajstić information content (AvgIpc) is 3.27. The molecule has 178 valence electrons. The molecule has 1 fully saturated rings. The van der Waals surface area contributed by atoms with Crippen molar-refractivity contribution in [2.24, 2.45) is 5.92 Å². The summed E-state index contributed by atoms with van der Waals surface area (Å²) in [6.07, 6.45) is 0.303. The van der Waals surface area contributed by atoms with Crippen LogP contribution in [0.2, 0.25) is 0 Å². The maximum absolute atomic E-state index is 14.1. The summed E-state index contributed by atoms with van der Waals surface area (Å²) in [5.41, 5.74) is 2.47. The van der Waals surface area contributed by atoms with Crippen LogP contribution in [0.5, 0.6) is 0 Å². The SMILES string of the molecule is CC(C)(C)c1ccccc1N1C(=O)C[C@H]([C@@]2(Cc3ccc(Br)cc3)C(=O)Nc3ccccc32)C1=O. The molecule has 2 aliphatic heterocycles. The van der Waals surface area contributed by atoms with Crippen molar-refractivity contribution in [2.75, 3.05) is 10.2 Å². The molecular weight excluding hydrogens is 504 g/mol. The summed E-state index contributed by atoms with van der Waals surface area (Å²) in [6.45, 7) is 6.18. The topological polar surface area (TPSA) is 66.5 Å². The zero-order valence-electron chi connectivity index (χ0n) is 20.0. The Bertz CT molecular complexity index is 1340. The number of halogens is 1. The molecule has 35 heavy (non-hydrogen) atoms. The Morgan fingerprint density at radius 3 is 2.31 bits per heavy atom. The Kier molecular flexibility index (Phi) is 5.67. The Labute approximate surface area is 213 Å². The summed E-state index contributed by atoms with van der Waals surface area (Å²) in [7, 11) is 0. The van der Waals surface area contributed by atoms with Crippen molar-refractivity contribution < 1.29 is 14.4 Å². The summed E-state index contributed by atoms with van der Waals surface area (Å²) in [5, 5.41) is 2.99. The standard InChI is InChI=1S/C29H27BrN2O3/c1-28(2,3)21-9-5-7-11-24(21)32-25(33)16-22(26(32)34)29(17-18-12-14-19(30)15-13-18)20-8-4-6-10-23(20)31-27(29)35/h4-15,22H,16-17H2,1-3H3,(H,31,35)/t22-,29-/m0/s1. The molecule has 3 amide bonds. The number of carbonyl (C=O) groups excluding carboxylic acids is 3. The molecule has 0 radical (unpaired) electrons. The van der Waals surface area contributed by atoms with E-state index in [1.165, 1.54) is 4.90 Å². The third-order valence-electron chi connectivity index (χ3n) is 7.15. The van der Waals surface area contributed by atoms with Crippen molar-refractivity contribution in [2.45, 2.75) is 44.4 Å². The summed E-state index contributed by atoms with van der Waals surface area (Å²) in [5.74, 6) is -1.64. The number of hydrogen-bond donors (Lipinski definition) is 1. The van der Waals surface area contributed by atoms with Crippen LogP contribution in [0.25, 0.3) is 0 Å². The second-order valence-corrected chi connectivity index (χ2v) is 11.3. The van der Waals surface area contributed by atoms with E-state index in [-0.39, 0.29) is 29.6 Å². The molecule has 0 unspecified atom stereocenters. The fraction of sp³-hybridized carbons (Fsp3) is 0.276. The van der Waals surface area contributed by atoms with Crippen molar-refractivity contribution in [3.8, 4) is 0 Å². The number of carbonyl (C=O) groups is 3. The molecule has 2 aliphatic rings. The van der Waals surface area contributed by atoms with Crippen molar-refractivity contribution in [3.05, 3.63) is 94.0 Å². The summed E-state index contributed by atoms with van der Waals surface area (Å²) >= 11 is 3.46. The van der Waals surface area contributed by atoms with Crippen LogP contribution in [-0.4, -0.2) is 17.7 Å². The van der Waals surface area contributed by atoms with Gasteiger partial charge in [-0.25, -0.2) is 4.90 Å². The summed E-state index contributed by atoms with van der Waals surface area (Å²) < 4.78 is 0.934. The van der Waals surface area contributed by atoms with Gasteiger partial charge in [0.05, 0.1) is 17.0 Å². The quantitative estimate of drug-likeness (QED) is 0.436. The highest BCUT2D eigenvalue weighted by Crippen LogP contribution is 2.50. The fourth-order valence-corrected chi connectivity index (χ4v) is 5.74. The molecule has 1 N–H and O–H groups in total. The van der Waals surface area contributed by atoms with Gasteiger partial charge in [0.25, 0.3) is 0 Å². The van der Waals surface area contributed by atoms with Crippen molar-refractivity contribution >= 4 is 45.0 Å². The van der Waals surface area contributed by atoms with Crippen LogP contribution >= 0.6 is 15.9 Å². The molecule has 2 atom stereocenters. The number of nitrogens with one attached hydrogen (secondary N) is 1. The van der Waals surface area contributed by atoms with Crippen LogP contribution in [0.1, 0.15) is 43.9 Å². The Hall–Kier alpha value is -3.25. The predicted molar refractivity (Wildman–Crippen MR) is 140 cm³/mol. The first-order chi connectivity index (χ1) is 16.6. The van der Waals surface area contributed by atoms with Gasteiger partial charge in [0.2, 0.25) is 17.7 Å². The van der Waals surface area contributed by atoms with Gasteiger partial charge >= 0.3 is 0 Å². The van der Waals surface area contributed by atoms with Crippen LogP contribution in [0.15, 0.2) is 77.3 Å². The van der Waals surface area contributed by atoms with Gasteiger partial charge in [-0.05, 0) is 52.8 Å². The van der Waals surface area contributed by atoms with E-state index in [1.54, 1.807) is 0 Å². The first-order valence-electron chi connectivity index (χ1n) is 11.7. The summed E-state index contributed by atoms with van der Waals surface area (Å²) in [6, 6.07) is 22.8. The zero-order chi connectivity index (χ0) is 25.0. The lowest BCUT2D eigenvalue weighted by atomic mass is 9.66. The van der Waals surface area contributed by atoms with Gasteiger partial charge < -0.3 is 5.32 Å². The highest BCUT2D eigenvalue weighted by atomic mass is 79.9. The minimum Gasteiger partial charge on any atom is -0.325 e. The van der Waals surface area contributed by atoms with E-state index in [2.05, 4.69) is 42.0 Å². The molecule has 0 bridgehead atoms. The molecule has 5 rings (SSSR count). The van der Waals surface area contributed by atoms with Gasteiger partial charge in [0.1, 0.15) is 0 Å². The molecule has 0 spiro atoms. The van der Waals surface area contributed by atoms with Crippen molar-refractivity contribution in [3.63, 3.8) is 0 Å². The number of benzene rings is 3. The molecule has 6 heteroatoms. The van der Waals surface area contributed by atoms with Crippen LogP contribution in [0, 0.1) is 5.92 Å². The molecule has 0 saturated carbocycles. The monoisotopic (exact) mass is 530 g/mol. The van der Waals surface area contributed by atoms with Crippen LogP contribution in [-0.2, 0) is 31.6 Å². The number of fused-ring (bicyclic) bond motifs is 1. The second kappa shape index (κ2) is 8.45. The molecular formula is C29H27BrN2O3. The maximum Gasteiger partial charge on any atom is 0.238 e. The maximum atomic E-state index is 14.1. The molecule has 5 nitrogen and oxygen atoms in total. The largest absolute Gasteiger partial charge is 0.325 e. The minimum absolute atomic E-state index is 0.0183. The first kappa shape index (κ1) is 23.5. The van der Waals surface area contributed by atoms with Gasteiger partial charge in [0, 0.05) is 16.6 Å². The molecule has 0 aliphatic carbocycles. The van der Waals surface area contributed by atoms with Gasteiger partial charge in [-0.3, -0.25) is 14.4 Å². The van der Waals surface area contributed by atoms with E-state index in [1.807, 2.05) is 72.8 Å². The van der Waals surface area contributed by atoms with E-state index < -0.39 is 11.3 Å². The Balaban J connectivity index is 1.64. The number of hydrogen-bond acceptors (Lipinski definition) is 3. The number of anilines is 2. The lowest BCUT2D eigenvalue weighted by molar-refractivity contribution is -0.130. The lowest BCUT2D eigenvalue weighted by Crippen LogP contribution is -2.47. The molecule has 3 aromatic rings. The van der Waals surface area contributed by atoms with E-state index in [4.69, 9.17) is 0 Å². The number of imide groups is 1. The van der Waals surface area contributed by atoms with E-state index >= 15 is 0 Å². The van der Waals surface area contributed by atoms with Gasteiger partial charge in [-0.15, -0.1) is 0 Å². The number of nitrogens with zero attached hydrogens (tertiary/aromatic N) is 1. The first-order valence-corrected chi connectivity index (χ1v) is 12.5. The van der Waals surface area contributed by atoms with Crippen LogP contribution in [0.4, 0.5) is 11.4 Å². The highest BCUT2D eigenvalue weighted by Gasteiger charge is 2.59. The third kappa shape index (κ3) is 3.80. The Morgan fingerprint density at radius 2 is 1.60 bits per heavy atom. The fourth-order valence-electron chi connectivity index (χ4n) is 5.48. The van der Waals surface area contributed by atoms with Crippen molar-refractivity contribution in [1.82, 2.24) is 0 Å². The second-order valence-electron chi connectivity index (χ2n) is 10.4.